The molecule has 1 aliphatic heterocycles. The highest BCUT2D eigenvalue weighted by molar-refractivity contribution is 6.32. The molecule has 2 aliphatic rings. The summed E-state index contributed by atoms with van der Waals surface area (Å²) in [5, 5.41) is 3.46. The number of rotatable bonds is 8. The third-order valence-electron chi connectivity index (χ3n) is 6.44. The summed E-state index contributed by atoms with van der Waals surface area (Å²) in [6.07, 6.45) is 4.45. The number of Topliss-reactive ketones (excluding diaryl/α,β-unsaturated/α-hetero) is 1. The molecule has 0 saturated heterocycles. The van der Waals surface area contributed by atoms with Crippen LogP contribution in [0.15, 0.2) is 54.5 Å². The highest BCUT2D eigenvalue weighted by atomic mass is 35.5. The molecule has 6 nitrogen and oxygen atoms in total. The van der Waals surface area contributed by atoms with E-state index in [1.165, 1.54) is 6.26 Å². The van der Waals surface area contributed by atoms with Gasteiger partial charge in [-0.25, -0.2) is 0 Å². The van der Waals surface area contributed by atoms with Crippen molar-refractivity contribution < 1.29 is 23.8 Å². The third-order valence-corrected chi connectivity index (χ3v) is 6.76. The lowest BCUT2D eigenvalue weighted by Crippen LogP contribution is -2.43. The van der Waals surface area contributed by atoms with Crippen LogP contribution >= 0.6 is 11.6 Å². The number of nitrogens with one attached hydrogen (secondary N) is 1. The van der Waals surface area contributed by atoms with Gasteiger partial charge in [0.2, 0.25) is 17.4 Å². The van der Waals surface area contributed by atoms with Crippen LogP contribution < -0.4 is 10.1 Å². The number of amides is 1. The maximum absolute atomic E-state index is 13.0. The van der Waals surface area contributed by atoms with Crippen molar-refractivity contribution in [1.82, 2.24) is 0 Å². The predicted molar refractivity (Wildman–Crippen MR) is 131 cm³/mol. The monoisotopic (exact) mass is 483 g/mol. The Morgan fingerprint density at radius 1 is 1.09 bits per heavy atom. The van der Waals surface area contributed by atoms with Gasteiger partial charge in [0, 0.05) is 12.1 Å². The number of ether oxygens (including phenoxy) is 3. The van der Waals surface area contributed by atoms with E-state index in [9.17, 15) is 9.59 Å². The number of hydrogen-bond acceptors (Lipinski definition) is 5. The zero-order valence-electron chi connectivity index (χ0n) is 19.5. The summed E-state index contributed by atoms with van der Waals surface area (Å²) < 4.78 is 17.5. The van der Waals surface area contributed by atoms with Gasteiger partial charge in [-0.15, -0.1) is 0 Å². The van der Waals surface area contributed by atoms with Gasteiger partial charge in [0.1, 0.15) is 24.7 Å². The minimum atomic E-state index is -0.292. The van der Waals surface area contributed by atoms with Crippen LogP contribution in [0.3, 0.4) is 0 Å². The van der Waals surface area contributed by atoms with Crippen molar-refractivity contribution >= 4 is 29.0 Å². The van der Waals surface area contributed by atoms with Crippen LogP contribution in [0.5, 0.6) is 5.75 Å². The minimum Gasteiger partial charge on any atom is -0.493 e. The molecule has 0 spiro atoms. The van der Waals surface area contributed by atoms with Crippen LogP contribution in [-0.2, 0) is 31.9 Å². The SMILES string of the molecule is CCc1cccc(CC)c1NC(=O)COC1CCC2C(=O)C(Oc3ccccc3Cl)=COC2C1. The van der Waals surface area contributed by atoms with Crippen molar-refractivity contribution in [3.8, 4) is 5.75 Å². The Bertz CT molecular complexity index is 1060. The van der Waals surface area contributed by atoms with Gasteiger partial charge < -0.3 is 19.5 Å². The molecule has 2 aromatic carbocycles. The Kier molecular flexibility index (Phi) is 7.91. The number of benzene rings is 2. The maximum Gasteiger partial charge on any atom is 0.250 e. The lowest BCUT2D eigenvalue weighted by molar-refractivity contribution is -0.136. The number of aryl methyl sites for hydroxylation is 2. The van der Waals surface area contributed by atoms with Crippen LogP contribution in [-0.4, -0.2) is 30.5 Å². The molecule has 0 aromatic heterocycles. The van der Waals surface area contributed by atoms with Gasteiger partial charge in [-0.05, 0) is 48.9 Å². The van der Waals surface area contributed by atoms with Crippen molar-refractivity contribution in [2.24, 2.45) is 5.92 Å². The van der Waals surface area contributed by atoms with Gasteiger partial charge in [0.25, 0.3) is 0 Å². The average Bonchev–Trinajstić information content (AvgIpc) is 2.85. The fourth-order valence-corrected chi connectivity index (χ4v) is 4.75. The molecule has 1 N–H and O–H groups in total. The molecule has 3 unspecified atom stereocenters. The zero-order chi connectivity index (χ0) is 24.1. The minimum absolute atomic E-state index is 0.0338. The van der Waals surface area contributed by atoms with E-state index in [2.05, 4.69) is 19.2 Å². The van der Waals surface area contributed by atoms with E-state index in [0.29, 0.717) is 30.0 Å². The Morgan fingerprint density at radius 2 is 1.82 bits per heavy atom. The number of fused-ring (bicyclic) bond motifs is 1. The number of allylic oxidation sites excluding steroid dienone is 1. The second-order valence-corrected chi connectivity index (χ2v) is 9.02. The molecule has 1 fully saturated rings. The van der Waals surface area contributed by atoms with Gasteiger partial charge in [-0.2, -0.15) is 0 Å². The molecule has 7 heteroatoms. The summed E-state index contributed by atoms with van der Waals surface area (Å²) in [7, 11) is 0. The number of carbonyl (C=O) groups is 2. The molecular formula is C27H30ClNO5. The highest BCUT2D eigenvalue weighted by Gasteiger charge is 2.41. The van der Waals surface area contributed by atoms with Crippen molar-refractivity contribution in [3.05, 3.63) is 70.6 Å². The van der Waals surface area contributed by atoms with Crippen molar-refractivity contribution in [1.29, 1.82) is 0 Å². The van der Waals surface area contributed by atoms with Gasteiger partial charge in [0.05, 0.1) is 17.0 Å². The first kappa shape index (κ1) is 24.3. The molecule has 180 valence electrons. The highest BCUT2D eigenvalue weighted by Crippen LogP contribution is 2.36. The first-order valence-electron chi connectivity index (χ1n) is 11.8. The smallest absolute Gasteiger partial charge is 0.250 e. The molecule has 1 amide bonds. The second kappa shape index (κ2) is 11.1. The molecule has 3 atom stereocenters. The van der Waals surface area contributed by atoms with Crippen LogP contribution in [0.2, 0.25) is 5.02 Å². The Morgan fingerprint density at radius 3 is 2.53 bits per heavy atom. The topological polar surface area (TPSA) is 73.9 Å². The van der Waals surface area contributed by atoms with E-state index in [0.717, 1.165) is 29.7 Å². The van der Waals surface area contributed by atoms with E-state index in [1.54, 1.807) is 24.3 Å². The fraction of sp³-hybridized carbons (Fsp3) is 0.407. The summed E-state index contributed by atoms with van der Waals surface area (Å²) in [4.78, 5) is 25.6. The summed E-state index contributed by atoms with van der Waals surface area (Å²) >= 11 is 6.14. The molecule has 1 saturated carbocycles. The number of anilines is 1. The number of para-hydroxylation sites is 2. The van der Waals surface area contributed by atoms with Gasteiger partial charge in [-0.3, -0.25) is 9.59 Å². The van der Waals surface area contributed by atoms with E-state index in [1.807, 2.05) is 18.2 Å². The molecule has 2 aromatic rings. The molecule has 0 bridgehead atoms. The molecule has 0 radical (unpaired) electrons. The van der Waals surface area contributed by atoms with Gasteiger partial charge in [-0.1, -0.05) is 55.8 Å². The summed E-state index contributed by atoms with van der Waals surface area (Å²) in [5.41, 5.74) is 3.12. The van der Waals surface area contributed by atoms with Crippen LogP contribution in [0, 0.1) is 5.92 Å². The van der Waals surface area contributed by atoms with Crippen molar-refractivity contribution in [3.63, 3.8) is 0 Å². The molecule has 1 heterocycles. The first-order chi connectivity index (χ1) is 16.5. The average molecular weight is 484 g/mol. The summed E-state index contributed by atoms with van der Waals surface area (Å²) in [6, 6.07) is 13.1. The van der Waals surface area contributed by atoms with Gasteiger partial charge in [0.15, 0.2) is 0 Å². The van der Waals surface area contributed by atoms with Gasteiger partial charge >= 0.3 is 0 Å². The molecule has 4 rings (SSSR count). The fourth-order valence-electron chi connectivity index (χ4n) is 4.58. The molecule has 1 aliphatic carbocycles. The second-order valence-electron chi connectivity index (χ2n) is 8.61. The quantitative estimate of drug-likeness (QED) is 0.538. The largest absolute Gasteiger partial charge is 0.493 e. The maximum atomic E-state index is 13.0. The number of carbonyl (C=O) groups excluding carboxylic acids is 2. The van der Waals surface area contributed by atoms with Crippen LogP contribution in [0.4, 0.5) is 5.69 Å². The van der Waals surface area contributed by atoms with E-state index in [-0.39, 0.29) is 42.2 Å². The number of hydrogen-bond donors (Lipinski definition) is 1. The van der Waals surface area contributed by atoms with Crippen molar-refractivity contribution in [2.75, 3.05) is 11.9 Å². The number of ketones is 1. The molecule has 34 heavy (non-hydrogen) atoms. The Hall–Kier alpha value is -2.83. The Labute approximate surface area is 205 Å². The predicted octanol–water partition coefficient (Wildman–Crippen LogP) is 5.48. The summed E-state index contributed by atoms with van der Waals surface area (Å²) in [5.74, 6) is 0.0307. The molecular weight excluding hydrogens is 454 g/mol. The van der Waals surface area contributed by atoms with Crippen molar-refractivity contribution in [2.45, 2.75) is 58.2 Å². The first-order valence-corrected chi connectivity index (χ1v) is 12.2. The number of halogens is 1. The lowest BCUT2D eigenvalue weighted by atomic mass is 9.80. The third kappa shape index (κ3) is 5.45. The Balaban J connectivity index is 1.31. The lowest BCUT2D eigenvalue weighted by Gasteiger charge is -2.37. The summed E-state index contributed by atoms with van der Waals surface area (Å²) in [6.45, 7) is 4.11. The van der Waals surface area contributed by atoms with Crippen LogP contribution in [0.25, 0.3) is 0 Å². The standard InChI is InChI=1S/C27H30ClNO5/c1-3-17-8-7-9-18(4-2)26(17)29-25(30)16-32-19-12-13-20-23(14-19)33-15-24(27(20)31)34-22-11-6-5-10-21(22)28/h5-11,15,19-20,23H,3-4,12-14,16H2,1-2H3,(H,29,30). The van der Waals surface area contributed by atoms with E-state index in [4.69, 9.17) is 25.8 Å². The zero-order valence-corrected chi connectivity index (χ0v) is 20.3. The normalized spacial score (nSPS) is 21.8. The van der Waals surface area contributed by atoms with E-state index >= 15 is 0 Å². The van der Waals surface area contributed by atoms with E-state index < -0.39 is 0 Å². The van der Waals surface area contributed by atoms with Crippen LogP contribution in [0.1, 0.15) is 44.2 Å².